The lowest BCUT2D eigenvalue weighted by atomic mass is 10.4. The second kappa shape index (κ2) is 8.73. The molecular weight excluding hydrogens is 252 g/mol. The lowest BCUT2D eigenvalue weighted by molar-refractivity contribution is 0.152. The van der Waals surface area contributed by atoms with Gasteiger partial charge < -0.3 is 5.32 Å². The van der Waals surface area contributed by atoms with Gasteiger partial charge in [0.2, 0.25) is 0 Å². The zero-order valence-corrected chi connectivity index (χ0v) is 11.1. The molecule has 0 radical (unpaired) electrons. The molecule has 0 amide bonds. The first kappa shape index (κ1) is 16.7. The van der Waals surface area contributed by atoms with Crippen LogP contribution in [0.25, 0.3) is 0 Å². The molecule has 0 spiro atoms. The molecule has 104 valence electrons. The minimum atomic E-state index is -3.77. The Labute approximate surface area is 102 Å². The first-order chi connectivity index (χ1) is 7.90. The highest BCUT2D eigenvalue weighted by Crippen LogP contribution is 1.97. The largest absolute Gasteiger partial charge is 0.317 e. The molecule has 0 aliphatic carbocycles. The summed E-state index contributed by atoms with van der Waals surface area (Å²) in [7, 11) is -2.40. The predicted molar refractivity (Wildman–Crippen MR) is 63.3 cm³/mol. The Hall–Kier alpha value is -0.310. The van der Waals surface area contributed by atoms with Crippen LogP contribution in [0.2, 0.25) is 0 Å². The Kier molecular flexibility index (Phi) is 8.57. The zero-order chi connectivity index (χ0) is 13.3. The van der Waals surface area contributed by atoms with Crippen LogP contribution in [0, 0.1) is 0 Å². The average Bonchev–Trinajstić information content (AvgIpc) is 2.26. The van der Waals surface area contributed by atoms with E-state index in [1.807, 2.05) is 11.6 Å². The smallest absolute Gasteiger partial charge is 0.279 e. The van der Waals surface area contributed by atoms with Crippen LogP contribution in [0.3, 0.4) is 0 Å². The van der Waals surface area contributed by atoms with Crippen LogP contribution in [0.4, 0.5) is 8.78 Å². The monoisotopic (exact) mass is 273 g/mol. The van der Waals surface area contributed by atoms with Gasteiger partial charge in [-0.15, -0.1) is 0 Å². The number of hydrogen-bond donors (Lipinski definition) is 2. The van der Waals surface area contributed by atoms with Crippen molar-refractivity contribution in [3.8, 4) is 0 Å². The number of halogens is 2. The van der Waals surface area contributed by atoms with Gasteiger partial charge >= 0.3 is 0 Å². The third kappa shape index (κ3) is 8.42. The fourth-order valence-electron chi connectivity index (χ4n) is 1.13. The molecule has 0 aliphatic heterocycles. The average molecular weight is 273 g/mol. The van der Waals surface area contributed by atoms with Crippen LogP contribution >= 0.6 is 0 Å². The van der Waals surface area contributed by atoms with E-state index in [4.69, 9.17) is 0 Å². The summed E-state index contributed by atoms with van der Waals surface area (Å²) in [5.74, 6) is 0. The highest BCUT2D eigenvalue weighted by atomic mass is 32.2. The van der Waals surface area contributed by atoms with Crippen molar-refractivity contribution in [1.29, 1.82) is 0 Å². The summed E-state index contributed by atoms with van der Waals surface area (Å²) in [6.45, 7) is 3.09. The van der Waals surface area contributed by atoms with Crippen LogP contribution < -0.4 is 10.0 Å². The molecular formula is C9H21F2N3O2S. The summed E-state index contributed by atoms with van der Waals surface area (Å²) in [5, 5.41) is 3.13. The second-order valence-corrected chi connectivity index (χ2v) is 5.53. The summed E-state index contributed by atoms with van der Waals surface area (Å²) in [6.07, 6.45) is -1.01. The quantitative estimate of drug-likeness (QED) is 0.567. The zero-order valence-electron chi connectivity index (χ0n) is 10.2. The van der Waals surface area contributed by atoms with Crippen LogP contribution in [-0.4, -0.2) is 52.4 Å². The minimum Gasteiger partial charge on any atom is -0.317 e. The van der Waals surface area contributed by atoms with Gasteiger partial charge in [0.1, 0.15) is 0 Å². The van der Waals surface area contributed by atoms with E-state index in [1.165, 1.54) is 7.05 Å². The molecule has 0 saturated carbocycles. The van der Waals surface area contributed by atoms with E-state index < -0.39 is 23.2 Å². The molecule has 0 saturated heterocycles. The molecule has 0 aromatic carbocycles. The standard InChI is InChI=1S/C9H21F2N3O2S/c1-3-5-12-6-4-7-14(2)17(15,16)13-8-9(10)11/h9,12-13H,3-8H2,1-2H3. The SMILES string of the molecule is CCCNCCCN(C)S(=O)(=O)NCC(F)F. The maximum Gasteiger partial charge on any atom is 0.279 e. The fourth-order valence-corrected chi connectivity index (χ4v) is 2.05. The first-order valence-electron chi connectivity index (χ1n) is 5.60. The van der Waals surface area contributed by atoms with Crippen LogP contribution in [0.1, 0.15) is 19.8 Å². The number of nitrogens with one attached hydrogen (secondary N) is 2. The molecule has 17 heavy (non-hydrogen) atoms. The summed E-state index contributed by atoms with van der Waals surface area (Å²) in [6, 6.07) is 0. The summed E-state index contributed by atoms with van der Waals surface area (Å²) >= 11 is 0. The molecule has 5 nitrogen and oxygen atoms in total. The molecule has 8 heteroatoms. The summed E-state index contributed by atoms with van der Waals surface area (Å²) in [4.78, 5) is 0. The van der Waals surface area contributed by atoms with E-state index in [9.17, 15) is 17.2 Å². The number of hydrogen-bond acceptors (Lipinski definition) is 3. The van der Waals surface area contributed by atoms with Gasteiger partial charge in [-0.05, 0) is 25.9 Å². The van der Waals surface area contributed by atoms with Crippen LogP contribution in [-0.2, 0) is 10.2 Å². The summed E-state index contributed by atoms with van der Waals surface area (Å²) in [5.41, 5.74) is 0. The molecule has 0 rings (SSSR count). The Morgan fingerprint density at radius 2 is 1.94 bits per heavy atom. The van der Waals surface area contributed by atoms with E-state index in [1.54, 1.807) is 0 Å². The van der Waals surface area contributed by atoms with Crippen molar-refractivity contribution in [1.82, 2.24) is 14.3 Å². The van der Waals surface area contributed by atoms with Crippen molar-refractivity contribution in [3.63, 3.8) is 0 Å². The minimum absolute atomic E-state index is 0.301. The molecule has 0 aliphatic rings. The summed E-state index contributed by atoms with van der Waals surface area (Å²) < 4.78 is 49.4. The molecule has 0 fully saturated rings. The molecule has 0 bridgehead atoms. The van der Waals surface area contributed by atoms with Crippen molar-refractivity contribution in [2.75, 3.05) is 33.2 Å². The van der Waals surface area contributed by atoms with E-state index in [0.717, 1.165) is 17.3 Å². The Morgan fingerprint density at radius 1 is 1.29 bits per heavy atom. The van der Waals surface area contributed by atoms with Crippen LogP contribution in [0.5, 0.6) is 0 Å². The maximum atomic E-state index is 11.9. The van der Waals surface area contributed by atoms with Crippen molar-refractivity contribution in [2.24, 2.45) is 0 Å². The third-order valence-corrected chi connectivity index (χ3v) is 3.62. The van der Waals surface area contributed by atoms with Gasteiger partial charge in [-0.1, -0.05) is 6.92 Å². The lowest BCUT2D eigenvalue weighted by Gasteiger charge is -2.17. The lowest BCUT2D eigenvalue weighted by Crippen LogP contribution is -2.41. The van der Waals surface area contributed by atoms with Gasteiger partial charge in [-0.3, -0.25) is 0 Å². The third-order valence-electron chi connectivity index (χ3n) is 2.08. The topological polar surface area (TPSA) is 61.4 Å². The maximum absolute atomic E-state index is 11.9. The molecule has 0 aromatic heterocycles. The second-order valence-electron chi connectivity index (χ2n) is 3.67. The Morgan fingerprint density at radius 3 is 2.47 bits per heavy atom. The van der Waals surface area contributed by atoms with E-state index in [2.05, 4.69) is 5.32 Å². The molecule has 0 unspecified atom stereocenters. The van der Waals surface area contributed by atoms with Gasteiger partial charge in [0, 0.05) is 13.6 Å². The van der Waals surface area contributed by atoms with Crippen molar-refractivity contribution < 1.29 is 17.2 Å². The van der Waals surface area contributed by atoms with Gasteiger partial charge in [0.25, 0.3) is 16.6 Å². The molecule has 0 aromatic rings. The molecule has 0 heterocycles. The van der Waals surface area contributed by atoms with Crippen molar-refractivity contribution in [2.45, 2.75) is 26.2 Å². The number of rotatable bonds is 10. The van der Waals surface area contributed by atoms with Crippen molar-refractivity contribution in [3.05, 3.63) is 0 Å². The molecule has 0 atom stereocenters. The Bertz CT molecular complexity index is 286. The van der Waals surface area contributed by atoms with Crippen LogP contribution in [0.15, 0.2) is 0 Å². The number of nitrogens with zero attached hydrogens (tertiary/aromatic N) is 1. The number of alkyl halides is 2. The highest BCUT2D eigenvalue weighted by Gasteiger charge is 2.18. The van der Waals surface area contributed by atoms with E-state index in [0.29, 0.717) is 19.5 Å². The van der Waals surface area contributed by atoms with Gasteiger partial charge in [0.05, 0.1) is 6.54 Å². The Balaban J connectivity index is 3.83. The molecule has 2 N–H and O–H groups in total. The normalized spacial score (nSPS) is 12.6. The van der Waals surface area contributed by atoms with Gasteiger partial charge in [0.15, 0.2) is 0 Å². The highest BCUT2D eigenvalue weighted by molar-refractivity contribution is 7.87. The van der Waals surface area contributed by atoms with Gasteiger partial charge in [-0.2, -0.15) is 17.4 Å². The van der Waals surface area contributed by atoms with E-state index >= 15 is 0 Å². The van der Waals surface area contributed by atoms with E-state index in [-0.39, 0.29) is 0 Å². The van der Waals surface area contributed by atoms with Crippen molar-refractivity contribution >= 4 is 10.2 Å². The first-order valence-corrected chi connectivity index (χ1v) is 7.04. The van der Waals surface area contributed by atoms with Gasteiger partial charge in [-0.25, -0.2) is 8.78 Å². The fraction of sp³-hybridized carbons (Fsp3) is 1.00. The predicted octanol–water partition coefficient (Wildman–Crippen LogP) is 0.407.